The van der Waals surface area contributed by atoms with E-state index in [0.29, 0.717) is 17.9 Å². The zero-order valence-corrected chi connectivity index (χ0v) is 15.7. The van der Waals surface area contributed by atoms with Gasteiger partial charge in [0.1, 0.15) is 5.82 Å². The summed E-state index contributed by atoms with van der Waals surface area (Å²) in [5.41, 5.74) is 1.46. The Morgan fingerprint density at radius 2 is 2.15 bits per heavy atom. The zero-order chi connectivity index (χ0) is 17.9. The Labute approximate surface area is 155 Å². The highest BCUT2D eigenvalue weighted by Crippen LogP contribution is 2.46. The van der Waals surface area contributed by atoms with Gasteiger partial charge < -0.3 is 10.6 Å². The average molecular weight is 352 g/mol. The van der Waals surface area contributed by atoms with Crippen LogP contribution in [0.1, 0.15) is 42.9 Å². The number of rotatable bonds is 5. The molecule has 1 aromatic carbocycles. The molecular weight excluding hydrogens is 324 g/mol. The normalized spacial score (nSPS) is 24.8. The highest BCUT2D eigenvalue weighted by atomic mass is 15.4. The molecule has 6 heteroatoms. The Kier molecular flexibility index (Phi) is 4.91. The second-order valence-corrected chi connectivity index (χ2v) is 7.33. The smallest absolute Gasteiger partial charge is 0.191 e. The Hall–Kier alpha value is -2.37. The molecule has 138 valence electrons. The van der Waals surface area contributed by atoms with Crippen molar-refractivity contribution >= 4 is 5.96 Å². The molecule has 3 unspecified atom stereocenters. The lowest BCUT2D eigenvalue weighted by Crippen LogP contribution is -2.47. The first kappa shape index (κ1) is 17.1. The number of guanidine groups is 1. The van der Waals surface area contributed by atoms with Crippen LogP contribution in [0.5, 0.6) is 0 Å². The number of aryl methyl sites for hydroxylation is 2. The zero-order valence-electron chi connectivity index (χ0n) is 15.7. The van der Waals surface area contributed by atoms with Crippen molar-refractivity contribution in [3.63, 3.8) is 0 Å². The lowest BCUT2D eigenvalue weighted by atomic mass is 10.1. The number of hydrogen-bond acceptors (Lipinski definition) is 3. The van der Waals surface area contributed by atoms with Crippen molar-refractivity contribution in [3.8, 4) is 0 Å². The molecule has 2 aliphatic rings. The molecule has 26 heavy (non-hydrogen) atoms. The summed E-state index contributed by atoms with van der Waals surface area (Å²) in [6, 6.07) is 11.2. The molecule has 0 radical (unpaired) electrons. The number of nitrogens with zero attached hydrogens (tertiary/aromatic N) is 4. The molecule has 1 aliphatic heterocycles. The molecule has 1 saturated carbocycles. The summed E-state index contributed by atoms with van der Waals surface area (Å²) in [6.45, 7) is 3.93. The summed E-state index contributed by atoms with van der Waals surface area (Å²) in [5.74, 6) is 4.36. The minimum absolute atomic E-state index is 0.351. The van der Waals surface area contributed by atoms with Crippen LogP contribution in [0.3, 0.4) is 0 Å². The van der Waals surface area contributed by atoms with E-state index in [0.717, 1.165) is 50.0 Å². The molecule has 0 saturated heterocycles. The number of aromatic nitrogens is 3. The van der Waals surface area contributed by atoms with Crippen molar-refractivity contribution in [2.45, 2.75) is 51.1 Å². The predicted octanol–water partition coefficient (Wildman–Crippen LogP) is 2.12. The fourth-order valence-electron chi connectivity index (χ4n) is 3.83. The third-order valence-electron chi connectivity index (χ3n) is 5.46. The van der Waals surface area contributed by atoms with Gasteiger partial charge in [-0.15, -0.1) is 0 Å². The summed E-state index contributed by atoms with van der Waals surface area (Å²) in [4.78, 5) is 8.99. The summed E-state index contributed by atoms with van der Waals surface area (Å²) in [6.07, 6.45) is 4.20. The van der Waals surface area contributed by atoms with Crippen LogP contribution in [0.4, 0.5) is 0 Å². The molecule has 2 heterocycles. The van der Waals surface area contributed by atoms with Crippen molar-refractivity contribution in [3.05, 3.63) is 47.5 Å². The number of fused-ring (bicyclic) bond motifs is 1. The Morgan fingerprint density at radius 3 is 2.92 bits per heavy atom. The van der Waals surface area contributed by atoms with Crippen molar-refractivity contribution in [2.24, 2.45) is 10.9 Å². The van der Waals surface area contributed by atoms with Crippen LogP contribution in [0.15, 0.2) is 35.3 Å². The third-order valence-corrected chi connectivity index (χ3v) is 5.46. The van der Waals surface area contributed by atoms with Crippen molar-refractivity contribution in [1.29, 1.82) is 0 Å². The summed E-state index contributed by atoms with van der Waals surface area (Å²) >= 11 is 0. The van der Waals surface area contributed by atoms with Gasteiger partial charge in [-0.1, -0.05) is 37.3 Å². The highest BCUT2D eigenvalue weighted by Gasteiger charge is 2.38. The minimum atomic E-state index is 0.351. The van der Waals surface area contributed by atoms with Gasteiger partial charge in [-0.2, -0.15) is 5.10 Å². The maximum Gasteiger partial charge on any atom is 0.191 e. The van der Waals surface area contributed by atoms with Crippen LogP contribution < -0.4 is 10.6 Å². The maximum absolute atomic E-state index is 4.59. The van der Waals surface area contributed by atoms with Crippen molar-refractivity contribution in [2.75, 3.05) is 13.6 Å². The molecule has 2 aromatic rings. The fraction of sp³-hybridized carbons (Fsp3) is 0.550. The number of hydrogen-bond donors (Lipinski definition) is 2. The van der Waals surface area contributed by atoms with Crippen LogP contribution >= 0.6 is 0 Å². The van der Waals surface area contributed by atoms with E-state index in [9.17, 15) is 0 Å². The lowest BCUT2D eigenvalue weighted by Gasteiger charge is -2.25. The summed E-state index contributed by atoms with van der Waals surface area (Å²) in [5, 5.41) is 11.7. The van der Waals surface area contributed by atoms with Gasteiger partial charge in [0, 0.05) is 32.5 Å². The molecule has 0 spiro atoms. The van der Waals surface area contributed by atoms with E-state index >= 15 is 0 Å². The number of aliphatic imine (C=N–C) groups is 1. The van der Waals surface area contributed by atoms with Gasteiger partial charge in [-0.3, -0.25) is 4.99 Å². The van der Waals surface area contributed by atoms with Crippen LogP contribution in [0, 0.1) is 5.92 Å². The van der Waals surface area contributed by atoms with Crippen LogP contribution in [0.2, 0.25) is 0 Å². The molecule has 1 aromatic heterocycles. The summed E-state index contributed by atoms with van der Waals surface area (Å²) < 4.78 is 2.06. The molecule has 6 nitrogen and oxygen atoms in total. The van der Waals surface area contributed by atoms with E-state index in [-0.39, 0.29) is 0 Å². The first-order chi connectivity index (χ1) is 12.8. The van der Waals surface area contributed by atoms with E-state index < -0.39 is 0 Å². The second-order valence-electron chi connectivity index (χ2n) is 7.33. The van der Waals surface area contributed by atoms with Gasteiger partial charge in [0.2, 0.25) is 0 Å². The van der Waals surface area contributed by atoms with E-state index in [4.69, 9.17) is 0 Å². The highest BCUT2D eigenvalue weighted by molar-refractivity contribution is 5.80. The maximum atomic E-state index is 4.59. The fourth-order valence-corrected chi connectivity index (χ4v) is 3.83. The Balaban J connectivity index is 1.27. The van der Waals surface area contributed by atoms with Crippen LogP contribution in [-0.4, -0.2) is 40.4 Å². The first-order valence-electron chi connectivity index (χ1n) is 9.71. The molecule has 0 amide bonds. The van der Waals surface area contributed by atoms with Crippen molar-refractivity contribution in [1.82, 2.24) is 25.4 Å². The molecule has 1 aliphatic carbocycles. The topological polar surface area (TPSA) is 67.1 Å². The minimum Gasteiger partial charge on any atom is -0.356 e. The van der Waals surface area contributed by atoms with Gasteiger partial charge in [-0.25, -0.2) is 9.67 Å². The van der Waals surface area contributed by atoms with E-state index in [1.54, 1.807) is 0 Å². The van der Waals surface area contributed by atoms with Gasteiger partial charge in [-0.05, 0) is 30.2 Å². The summed E-state index contributed by atoms with van der Waals surface area (Å²) in [7, 11) is 1.84. The molecule has 3 atom stereocenters. The second kappa shape index (κ2) is 7.48. The SMILES string of the molecule is CCc1nc2n(n1)CC(NC(=NC)NCC1CC1c1ccccc1)CC2. The largest absolute Gasteiger partial charge is 0.356 e. The van der Waals surface area contributed by atoms with Gasteiger partial charge in [0.15, 0.2) is 11.8 Å². The van der Waals surface area contributed by atoms with Gasteiger partial charge >= 0.3 is 0 Å². The number of benzene rings is 1. The molecule has 2 N–H and O–H groups in total. The molecular formula is C20H28N6. The standard InChI is InChI=1S/C20H28N6/c1-3-18-24-19-10-9-16(13-26(19)25-18)23-20(21-2)22-12-15-11-17(15)14-7-5-4-6-8-14/h4-8,15-17H,3,9-13H2,1-2H3,(H2,21,22,23). The molecule has 0 bridgehead atoms. The quantitative estimate of drug-likeness (QED) is 0.639. The molecule has 4 rings (SSSR count). The average Bonchev–Trinajstić information content (AvgIpc) is 3.35. The lowest BCUT2D eigenvalue weighted by molar-refractivity contribution is 0.392. The van der Waals surface area contributed by atoms with Gasteiger partial charge in [0.25, 0.3) is 0 Å². The van der Waals surface area contributed by atoms with Crippen molar-refractivity contribution < 1.29 is 0 Å². The van der Waals surface area contributed by atoms with Gasteiger partial charge in [0.05, 0.1) is 6.54 Å². The predicted molar refractivity (Wildman–Crippen MR) is 103 cm³/mol. The molecule has 1 fully saturated rings. The van der Waals surface area contributed by atoms with Crippen LogP contribution in [0.25, 0.3) is 0 Å². The van der Waals surface area contributed by atoms with Crippen LogP contribution in [-0.2, 0) is 19.4 Å². The monoisotopic (exact) mass is 352 g/mol. The number of nitrogens with one attached hydrogen (secondary N) is 2. The van der Waals surface area contributed by atoms with E-state index in [2.05, 4.69) is 67.6 Å². The first-order valence-corrected chi connectivity index (χ1v) is 9.71. The van der Waals surface area contributed by atoms with E-state index in [1.807, 2.05) is 7.05 Å². The third kappa shape index (κ3) is 3.74. The Morgan fingerprint density at radius 1 is 1.31 bits per heavy atom. The van der Waals surface area contributed by atoms with E-state index in [1.165, 1.54) is 12.0 Å². The Bertz CT molecular complexity index is 766.